The quantitative estimate of drug-likeness (QED) is 0.787. The average molecular weight is 240 g/mol. The molecule has 1 fully saturated rings. The van der Waals surface area contributed by atoms with Crippen LogP contribution in [0.1, 0.15) is 5.56 Å². The highest BCUT2D eigenvalue weighted by atomic mass is 35.5. The second kappa shape index (κ2) is 5.32. The molecular formula is C12H14ClNO2. The van der Waals surface area contributed by atoms with Crippen LogP contribution >= 0.6 is 11.6 Å². The Bertz CT molecular complexity index is 375. The van der Waals surface area contributed by atoms with Gasteiger partial charge in [-0.15, -0.1) is 0 Å². The molecule has 0 N–H and O–H groups in total. The molecule has 1 aromatic carbocycles. The Morgan fingerprint density at radius 1 is 1.38 bits per heavy atom. The maximum atomic E-state index is 11.9. The topological polar surface area (TPSA) is 29.5 Å². The van der Waals surface area contributed by atoms with Crippen LogP contribution in [0.15, 0.2) is 24.3 Å². The fourth-order valence-corrected chi connectivity index (χ4v) is 1.96. The molecule has 0 aliphatic carbocycles. The first-order chi connectivity index (χ1) is 7.75. The van der Waals surface area contributed by atoms with Crippen molar-refractivity contribution in [2.24, 2.45) is 0 Å². The lowest BCUT2D eigenvalue weighted by atomic mass is 10.1. The number of carbonyl (C=O) groups is 1. The summed E-state index contributed by atoms with van der Waals surface area (Å²) >= 11 is 5.87. The Kier molecular flexibility index (Phi) is 3.80. The molecule has 1 aliphatic heterocycles. The molecule has 0 saturated carbocycles. The van der Waals surface area contributed by atoms with E-state index in [1.807, 2.05) is 29.2 Å². The third-order valence-electron chi connectivity index (χ3n) is 2.61. The third-order valence-corrected chi connectivity index (χ3v) is 2.84. The van der Waals surface area contributed by atoms with Gasteiger partial charge in [0.05, 0.1) is 19.6 Å². The van der Waals surface area contributed by atoms with Crippen molar-refractivity contribution in [3.05, 3.63) is 34.9 Å². The van der Waals surface area contributed by atoms with Gasteiger partial charge in [-0.2, -0.15) is 0 Å². The van der Waals surface area contributed by atoms with E-state index in [2.05, 4.69) is 0 Å². The molecule has 4 heteroatoms. The number of benzene rings is 1. The van der Waals surface area contributed by atoms with E-state index in [1.165, 1.54) is 0 Å². The van der Waals surface area contributed by atoms with Crippen molar-refractivity contribution >= 4 is 17.5 Å². The van der Waals surface area contributed by atoms with Crippen molar-refractivity contribution in [1.82, 2.24) is 4.90 Å². The van der Waals surface area contributed by atoms with Gasteiger partial charge in [0, 0.05) is 18.1 Å². The number of carbonyl (C=O) groups excluding carboxylic acids is 1. The van der Waals surface area contributed by atoms with Crippen molar-refractivity contribution in [1.29, 1.82) is 0 Å². The van der Waals surface area contributed by atoms with Crippen LogP contribution in [0.2, 0.25) is 5.02 Å². The number of amides is 1. The van der Waals surface area contributed by atoms with Gasteiger partial charge >= 0.3 is 0 Å². The van der Waals surface area contributed by atoms with E-state index in [0.29, 0.717) is 37.7 Å². The standard InChI is InChI=1S/C12H14ClNO2/c13-11-3-1-2-10(8-11)9-12(15)14-4-6-16-7-5-14/h1-3,8H,4-7,9H2. The second-order valence-electron chi connectivity index (χ2n) is 3.80. The number of ether oxygens (including phenoxy) is 1. The molecule has 0 radical (unpaired) electrons. The molecule has 0 spiro atoms. The van der Waals surface area contributed by atoms with Gasteiger partial charge in [-0.1, -0.05) is 23.7 Å². The van der Waals surface area contributed by atoms with E-state index in [1.54, 1.807) is 0 Å². The van der Waals surface area contributed by atoms with E-state index >= 15 is 0 Å². The first-order valence-electron chi connectivity index (χ1n) is 5.35. The molecule has 3 nitrogen and oxygen atoms in total. The smallest absolute Gasteiger partial charge is 0.227 e. The van der Waals surface area contributed by atoms with Crippen molar-refractivity contribution in [3.63, 3.8) is 0 Å². The average Bonchev–Trinajstić information content (AvgIpc) is 2.30. The summed E-state index contributed by atoms with van der Waals surface area (Å²) in [5, 5.41) is 0.673. The summed E-state index contributed by atoms with van der Waals surface area (Å²) in [4.78, 5) is 13.7. The largest absolute Gasteiger partial charge is 0.378 e. The highest BCUT2D eigenvalue weighted by Gasteiger charge is 2.16. The molecular weight excluding hydrogens is 226 g/mol. The maximum absolute atomic E-state index is 11.9. The molecule has 1 heterocycles. The molecule has 1 amide bonds. The Morgan fingerprint density at radius 2 is 2.12 bits per heavy atom. The van der Waals surface area contributed by atoms with Gasteiger partial charge in [0.25, 0.3) is 0 Å². The monoisotopic (exact) mass is 239 g/mol. The zero-order chi connectivity index (χ0) is 11.4. The first kappa shape index (κ1) is 11.4. The van der Waals surface area contributed by atoms with Gasteiger partial charge in [-0.05, 0) is 17.7 Å². The van der Waals surface area contributed by atoms with Crippen LogP contribution in [-0.2, 0) is 16.0 Å². The van der Waals surface area contributed by atoms with Crippen molar-refractivity contribution in [3.8, 4) is 0 Å². The van der Waals surface area contributed by atoms with Crippen LogP contribution in [0.5, 0.6) is 0 Å². The first-order valence-corrected chi connectivity index (χ1v) is 5.73. The predicted molar refractivity (Wildman–Crippen MR) is 62.6 cm³/mol. The summed E-state index contributed by atoms with van der Waals surface area (Å²) in [7, 11) is 0. The Hall–Kier alpha value is -1.06. The Balaban J connectivity index is 1.96. The zero-order valence-electron chi connectivity index (χ0n) is 8.99. The van der Waals surface area contributed by atoms with Gasteiger partial charge in [-0.25, -0.2) is 0 Å². The molecule has 0 aromatic heterocycles. The van der Waals surface area contributed by atoms with Crippen LogP contribution in [0.25, 0.3) is 0 Å². The number of hydrogen-bond donors (Lipinski definition) is 0. The number of nitrogens with zero attached hydrogens (tertiary/aromatic N) is 1. The van der Waals surface area contributed by atoms with Gasteiger partial charge in [0.2, 0.25) is 5.91 Å². The van der Waals surface area contributed by atoms with Crippen LogP contribution in [0, 0.1) is 0 Å². The minimum Gasteiger partial charge on any atom is -0.378 e. The minimum atomic E-state index is 0.144. The SMILES string of the molecule is O=C(Cc1cccc(Cl)c1)N1CCOCC1. The molecule has 1 aromatic rings. The summed E-state index contributed by atoms with van der Waals surface area (Å²) < 4.78 is 5.20. The van der Waals surface area contributed by atoms with E-state index in [9.17, 15) is 4.79 Å². The molecule has 0 bridgehead atoms. The Morgan fingerprint density at radius 3 is 2.81 bits per heavy atom. The van der Waals surface area contributed by atoms with Gasteiger partial charge in [0.1, 0.15) is 0 Å². The summed E-state index contributed by atoms with van der Waals surface area (Å²) in [6, 6.07) is 7.43. The highest BCUT2D eigenvalue weighted by Crippen LogP contribution is 2.12. The highest BCUT2D eigenvalue weighted by molar-refractivity contribution is 6.30. The third kappa shape index (κ3) is 2.97. The predicted octanol–water partition coefficient (Wildman–Crippen LogP) is 1.74. The lowest BCUT2D eigenvalue weighted by molar-refractivity contribution is -0.134. The zero-order valence-corrected chi connectivity index (χ0v) is 9.74. The van der Waals surface area contributed by atoms with Crippen molar-refractivity contribution < 1.29 is 9.53 Å². The second-order valence-corrected chi connectivity index (χ2v) is 4.24. The van der Waals surface area contributed by atoms with E-state index in [0.717, 1.165) is 5.56 Å². The number of hydrogen-bond acceptors (Lipinski definition) is 2. The minimum absolute atomic E-state index is 0.144. The van der Waals surface area contributed by atoms with Crippen LogP contribution in [-0.4, -0.2) is 37.1 Å². The fraction of sp³-hybridized carbons (Fsp3) is 0.417. The van der Waals surface area contributed by atoms with Crippen LogP contribution < -0.4 is 0 Å². The Labute approximate surface area is 100.0 Å². The normalized spacial score (nSPS) is 16.2. The summed E-state index contributed by atoms with van der Waals surface area (Å²) in [6.07, 6.45) is 0.417. The summed E-state index contributed by atoms with van der Waals surface area (Å²) in [6.45, 7) is 2.67. The maximum Gasteiger partial charge on any atom is 0.227 e. The van der Waals surface area contributed by atoms with E-state index in [4.69, 9.17) is 16.3 Å². The fourth-order valence-electron chi connectivity index (χ4n) is 1.75. The van der Waals surface area contributed by atoms with Gasteiger partial charge in [0.15, 0.2) is 0 Å². The van der Waals surface area contributed by atoms with Crippen molar-refractivity contribution in [2.75, 3.05) is 26.3 Å². The number of rotatable bonds is 2. The van der Waals surface area contributed by atoms with Crippen LogP contribution in [0.4, 0.5) is 0 Å². The van der Waals surface area contributed by atoms with E-state index < -0.39 is 0 Å². The summed E-state index contributed by atoms with van der Waals surface area (Å²) in [5.74, 6) is 0.144. The van der Waals surface area contributed by atoms with E-state index in [-0.39, 0.29) is 5.91 Å². The number of morpholine rings is 1. The lowest BCUT2D eigenvalue weighted by Gasteiger charge is -2.26. The molecule has 1 aliphatic rings. The molecule has 0 atom stereocenters. The number of halogens is 1. The molecule has 86 valence electrons. The lowest BCUT2D eigenvalue weighted by Crippen LogP contribution is -2.41. The van der Waals surface area contributed by atoms with Gasteiger partial charge < -0.3 is 9.64 Å². The molecule has 0 unspecified atom stereocenters. The van der Waals surface area contributed by atoms with Gasteiger partial charge in [-0.3, -0.25) is 4.79 Å². The molecule has 16 heavy (non-hydrogen) atoms. The van der Waals surface area contributed by atoms with Crippen molar-refractivity contribution in [2.45, 2.75) is 6.42 Å². The molecule has 1 saturated heterocycles. The summed E-state index contributed by atoms with van der Waals surface area (Å²) in [5.41, 5.74) is 0.962. The van der Waals surface area contributed by atoms with Crippen LogP contribution in [0.3, 0.4) is 0 Å². The molecule has 2 rings (SSSR count).